The number of anilines is 1. The lowest BCUT2D eigenvalue weighted by molar-refractivity contribution is -0.117. The SMILES string of the molecule is Cc1noc(C)c1NC(=O)Cn1ncc(Br)c1C. The molecule has 0 radical (unpaired) electrons. The summed E-state index contributed by atoms with van der Waals surface area (Å²) in [5.41, 5.74) is 2.20. The maximum atomic E-state index is 11.9. The number of hydrogen-bond acceptors (Lipinski definition) is 4. The van der Waals surface area contributed by atoms with Gasteiger partial charge in [0.25, 0.3) is 0 Å². The van der Waals surface area contributed by atoms with Crippen molar-refractivity contribution in [2.45, 2.75) is 27.3 Å². The minimum atomic E-state index is -0.164. The van der Waals surface area contributed by atoms with Crippen molar-refractivity contribution in [1.82, 2.24) is 14.9 Å². The molecule has 2 aromatic heterocycles. The standard InChI is InChI=1S/C11H13BrN4O2/c1-6-11(8(3)18-15-6)14-10(17)5-16-7(2)9(12)4-13-16/h4H,5H2,1-3H3,(H,14,17). The Balaban J connectivity index is 2.08. The van der Waals surface area contributed by atoms with E-state index in [0.717, 1.165) is 10.2 Å². The van der Waals surface area contributed by atoms with Crippen LogP contribution >= 0.6 is 15.9 Å². The molecule has 0 aromatic carbocycles. The molecule has 0 saturated carbocycles. The predicted molar refractivity (Wildman–Crippen MR) is 69.3 cm³/mol. The van der Waals surface area contributed by atoms with E-state index in [-0.39, 0.29) is 12.5 Å². The van der Waals surface area contributed by atoms with Gasteiger partial charge in [-0.1, -0.05) is 5.16 Å². The number of rotatable bonds is 3. The third-order valence-corrected chi connectivity index (χ3v) is 3.41. The summed E-state index contributed by atoms with van der Waals surface area (Å²) in [4.78, 5) is 11.9. The van der Waals surface area contributed by atoms with E-state index >= 15 is 0 Å². The molecule has 2 aromatic rings. The highest BCUT2D eigenvalue weighted by molar-refractivity contribution is 9.10. The molecule has 0 spiro atoms. The second-order valence-corrected chi connectivity index (χ2v) is 4.84. The minimum Gasteiger partial charge on any atom is -0.359 e. The highest BCUT2D eigenvalue weighted by atomic mass is 79.9. The van der Waals surface area contributed by atoms with Crippen molar-refractivity contribution in [3.63, 3.8) is 0 Å². The Morgan fingerprint density at radius 3 is 2.72 bits per heavy atom. The number of hydrogen-bond donors (Lipinski definition) is 1. The summed E-state index contributed by atoms with van der Waals surface area (Å²) in [7, 11) is 0. The maximum Gasteiger partial charge on any atom is 0.246 e. The molecule has 1 N–H and O–H groups in total. The maximum absolute atomic E-state index is 11.9. The van der Waals surface area contributed by atoms with Gasteiger partial charge in [0.05, 0.1) is 16.4 Å². The zero-order valence-corrected chi connectivity index (χ0v) is 11.9. The number of halogens is 1. The molecule has 0 unspecified atom stereocenters. The quantitative estimate of drug-likeness (QED) is 0.943. The van der Waals surface area contributed by atoms with Crippen LogP contribution in [0.15, 0.2) is 15.2 Å². The number of carbonyl (C=O) groups excluding carboxylic acids is 1. The Kier molecular flexibility index (Phi) is 3.51. The van der Waals surface area contributed by atoms with Gasteiger partial charge < -0.3 is 9.84 Å². The van der Waals surface area contributed by atoms with Crippen LogP contribution in [0.1, 0.15) is 17.1 Å². The van der Waals surface area contributed by atoms with Crippen LogP contribution in [0.4, 0.5) is 5.69 Å². The molecule has 0 aliphatic carbocycles. The molecule has 7 heteroatoms. The first-order chi connectivity index (χ1) is 8.49. The summed E-state index contributed by atoms with van der Waals surface area (Å²) >= 11 is 3.35. The first-order valence-corrected chi connectivity index (χ1v) is 6.19. The minimum absolute atomic E-state index is 0.154. The number of aromatic nitrogens is 3. The van der Waals surface area contributed by atoms with Gasteiger partial charge in [0.15, 0.2) is 5.76 Å². The van der Waals surface area contributed by atoms with Crippen molar-refractivity contribution in [1.29, 1.82) is 0 Å². The van der Waals surface area contributed by atoms with Crippen LogP contribution in [0.3, 0.4) is 0 Å². The van der Waals surface area contributed by atoms with E-state index in [0.29, 0.717) is 17.1 Å². The van der Waals surface area contributed by atoms with E-state index in [1.165, 1.54) is 0 Å². The van der Waals surface area contributed by atoms with E-state index in [4.69, 9.17) is 4.52 Å². The molecule has 18 heavy (non-hydrogen) atoms. The molecule has 1 amide bonds. The third-order valence-electron chi connectivity index (χ3n) is 2.63. The van der Waals surface area contributed by atoms with Crippen LogP contribution in [-0.2, 0) is 11.3 Å². The smallest absolute Gasteiger partial charge is 0.246 e. The largest absolute Gasteiger partial charge is 0.359 e. The monoisotopic (exact) mass is 312 g/mol. The fraction of sp³-hybridized carbons (Fsp3) is 0.364. The lowest BCUT2D eigenvalue weighted by atomic mass is 10.3. The van der Waals surface area contributed by atoms with Crippen LogP contribution in [0.2, 0.25) is 0 Å². The summed E-state index contributed by atoms with van der Waals surface area (Å²) in [5, 5.41) is 10.6. The van der Waals surface area contributed by atoms with Crippen LogP contribution in [0, 0.1) is 20.8 Å². The molecule has 0 aliphatic heterocycles. The first kappa shape index (κ1) is 12.8. The molecule has 6 nitrogen and oxygen atoms in total. The van der Waals surface area contributed by atoms with Crippen LogP contribution < -0.4 is 5.32 Å². The lowest BCUT2D eigenvalue weighted by Gasteiger charge is -2.06. The van der Waals surface area contributed by atoms with Gasteiger partial charge in [-0.05, 0) is 36.7 Å². The summed E-state index contributed by atoms with van der Waals surface area (Å²) in [6, 6.07) is 0. The highest BCUT2D eigenvalue weighted by Crippen LogP contribution is 2.19. The molecular formula is C11H13BrN4O2. The van der Waals surface area contributed by atoms with Gasteiger partial charge >= 0.3 is 0 Å². The van der Waals surface area contributed by atoms with E-state index in [9.17, 15) is 4.79 Å². The van der Waals surface area contributed by atoms with Crippen LogP contribution in [0.5, 0.6) is 0 Å². The van der Waals surface area contributed by atoms with Crippen molar-refractivity contribution in [3.05, 3.63) is 27.8 Å². The van der Waals surface area contributed by atoms with Crippen molar-refractivity contribution in [2.24, 2.45) is 0 Å². The summed E-state index contributed by atoms with van der Waals surface area (Å²) < 4.78 is 7.48. The van der Waals surface area contributed by atoms with E-state index < -0.39 is 0 Å². The molecule has 0 saturated heterocycles. The zero-order chi connectivity index (χ0) is 13.3. The number of aryl methyl sites for hydroxylation is 2. The van der Waals surface area contributed by atoms with Gasteiger partial charge in [0.1, 0.15) is 17.9 Å². The van der Waals surface area contributed by atoms with E-state index in [1.807, 2.05) is 6.92 Å². The second-order valence-electron chi connectivity index (χ2n) is 3.98. The fourth-order valence-corrected chi connectivity index (χ4v) is 1.86. The molecule has 2 rings (SSSR count). The van der Waals surface area contributed by atoms with Gasteiger partial charge in [-0.25, -0.2) is 0 Å². The first-order valence-electron chi connectivity index (χ1n) is 5.39. The van der Waals surface area contributed by atoms with Gasteiger partial charge in [-0.2, -0.15) is 5.10 Å². The Bertz CT molecular complexity index is 568. The van der Waals surface area contributed by atoms with E-state index in [2.05, 4.69) is 31.5 Å². The van der Waals surface area contributed by atoms with E-state index in [1.54, 1.807) is 24.7 Å². The number of nitrogens with one attached hydrogen (secondary N) is 1. The number of nitrogens with zero attached hydrogens (tertiary/aromatic N) is 3. The Hall–Kier alpha value is -1.63. The van der Waals surface area contributed by atoms with Crippen LogP contribution in [0.25, 0.3) is 0 Å². The summed E-state index contributed by atoms with van der Waals surface area (Å²) in [6.07, 6.45) is 1.67. The second kappa shape index (κ2) is 4.93. The van der Waals surface area contributed by atoms with Crippen molar-refractivity contribution < 1.29 is 9.32 Å². The topological polar surface area (TPSA) is 73.0 Å². The molecule has 96 valence electrons. The van der Waals surface area contributed by atoms with Crippen molar-refractivity contribution >= 4 is 27.5 Å². The number of carbonyl (C=O) groups is 1. The molecule has 0 aliphatic rings. The van der Waals surface area contributed by atoms with Gasteiger partial charge in [-0.3, -0.25) is 9.48 Å². The van der Waals surface area contributed by atoms with Crippen LogP contribution in [-0.4, -0.2) is 20.8 Å². The Labute approximate surface area is 112 Å². The Morgan fingerprint density at radius 1 is 1.50 bits per heavy atom. The number of amides is 1. The summed E-state index contributed by atoms with van der Waals surface area (Å²) in [6.45, 7) is 5.58. The van der Waals surface area contributed by atoms with Crippen molar-refractivity contribution in [2.75, 3.05) is 5.32 Å². The lowest BCUT2D eigenvalue weighted by Crippen LogP contribution is -2.20. The highest BCUT2D eigenvalue weighted by Gasteiger charge is 2.14. The molecule has 0 bridgehead atoms. The third kappa shape index (κ3) is 2.45. The average Bonchev–Trinajstić information content (AvgIpc) is 2.79. The molecule has 0 fully saturated rings. The van der Waals surface area contributed by atoms with Gasteiger partial charge in [0.2, 0.25) is 5.91 Å². The zero-order valence-electron chi connectivity index (χ0n) is 10.3. The van der Waals surface area contributed by atoms with Gasteiger partial charge in [0, 0.05) is 0 Å². The average molecular weight is 313 g/mol. The molecular weight excluding hydrogens is 300 g/mol. The van der Waals surface area contributed by atoms with Crippen molar-refractivity contribution in [3.8, 4) is 0 Å². The predicted octanol–water partition coefficient (Wildman–Crippen LogP) is 2.20. The molecule has 2 heterocycles. The fourth-order valence-electron chi connectivity index (χ4n) is 1.56. The van der Waals surface area contributed by atoms with Gasteiger partial charge in [-0.15, -0.1) is 0 Å². The molecule has 0 atom stereocenters. The summed E-state index contributed by atoms with van der Waals surface area (Å²) in [5.74, 6) is 0.433. The normalized spacial score (nSPS) is 10.7. The Morgan fingerprint density at radius 2 is 2.22 bits per heavy atom.